The van der Waals surface area contributed by atoms with Gasteiger partial charge in [0.2, 0.25) is 5.91 Å². The molecule has 6 heteroatoms. The summed E-state index contributed by atoms with van der Waals surface area (Å²) in [6.45, 7) is 8.86. The highest BCUT2D eigenvalue weighted by Crippen LogP contribution is 2.36. The molecular formula is C25H31N3O3. The molecule has 31 heavy (non-hydrogen) atoms. The van der Waals surface area contributed by atoms with E-state index in [4.69, 9.17) is 0 Å². The molecule has 164 valence electrons. The number of likely N-dealkylation sites (N-methyl/N-ethyl adjacent to an activating group) is 1. The second kappa shape index (κ2) is 9.33. The predicted molar refractivity (Wildman–Crippen MR) is 121 cm³/mol. The van der Waals surface area contributed by atoms with Crippen LogP contribution in [-0.2, 0) is 15.1 Å². The molecule has 0 aromatic heterocycles. The van der Waals surface area contributed by atoms with Gasteiger partial charge in [-0.3, -0.25) is 14.5 Å². The Bertz CT molecular complexity index is 973. The molecule has 0 radical (unpaired) electrons. The number of imide groups is 1. The standard InChI is InChI=1S/C25H31N3O3/c1-5-7-15-27(6-2)22(29)17-28-23(30)25(26-24(28)31,20-11-9-8-10-12-20)21-14-13-18(3)19(4)16-21/h8-14,16H,5-7,15,17H2,1-4H3,(H,26,31)/t25-/m0/s1. The highest BCUT2D eigenvalue weighted by molar-refractivity contribution is 6.11. The molecule has 0 unspecified atom stereocenters. The SMILES string of the molecule is CCCCN(CC)C(=O)CN1C(=O)N[C@@](c2ccccc2)(c2ccc(C)c(C)c2)C1=O. The van der Waals surface area contributed by atoms with Gasteiger partial charge in [-0.15, -0.1) is 0 Å². The number of aryl methyl sites for hydroxylation is 2. The molecule has 3 rings (SSSR count). The van der Waals surface area contributed by atoms with Crippen LogP contribution in [0, 0.1) is 13.8 Å². The molecule has 1 atom stereocenters. The third kappa shape index (κ3) is 4.20. The Morgan fingerprint density at radius 2 is 1.71 bits per heavy atom. The van der Waals surface area contributed by atoms with E-state index in [1.54, 1.807) is 4.90 Å². The van der Waals surface area contributed by atoms with Gasteiger partial charge in [-0.25, -0.2) is 4.79 Å². The zero-order chi connectivity index (χ0) is 22.6. The molecule has 1 fully saturated rings. The third-order valence-electron chi connectivity index (χ3n) is 6.06. The summed E-state index contributed by atoms with van der Waals surface area (Å²) in [5.41, 5.74) is 2.14. The van der Waals surface area contributed by atoms with Crippen molar-refractivity contribution in [3.63, 3.8) is 0 Å². The lowest BCUT2D eigenvalue weighted by molar-refractivity contribution is -0.138. The number of hydrogen-bond acceptors (Lipinski definition) is 3. The van der Waals surface area contributed by atoms with E-state index >= 15 is 0 Å². The molecule has 2 aromatic rings. The van der Waals surface area contributed by atoms with Crippen LogP contribution in [-0.4, -0.2) is 47.3 Å². The van der Waals surface area contributed by atoms with Crippen LogP contribution in [0.2, 0.25) is 0 Å². The van der Waals surface area contributed by atoms with Gasteiger partial charge in [0.25, 0.3) is 5.91 Å². The number of hydrogen-bond donors (Lipinski definition) is 1. The van der Waals surface area contributed by atoms with Crippen LogP contribution in [0.3, 0.4) is 0 Å². The van der Waals surface area contributed by atoms with Gasteiger partial charge in [0, 0.05) is 13.1 Å². The van der Waals surface area contributed by atoms with Gasteiger partial charge < -0.3 is 10.2 Å². The van der Waals surface area contributed by atoms with Crippen LogP contribution in [0.25, 0.3) is 0 Å². The van der Waals surface area contributed by atoms with E-state index in [9.17, 15) is 14.4 Å². The van der Waals surface area contributed by atoms with Crippen molar-refractivity contribution in [2.24, 2.45) is 0 Å². The number of urea groups is 1. The minimum absolute atomic E-state index is 0.219. The predicted octanol–water partition coefficient (Wildman–Crippen LogP) is 3.75. The Kier molecular flexibility index (Phi) is 6.78. The van der Waals surface area contributed by atoms with Gasteiger partial charge in [-0.1, -0.05) is 61.9 Å². The van der Waals surface area contributed by atoms with E-state index in [0.29, 0.717) is 24.2 Å². The van der Waals surface area contributed by atoms with E-state index in [1.807, 2.05) is 69.3 Å². The van der Waals surface area contributed by atoms with Crippen LogP contribution in [0.4, 0.5) is 4.79 Å². The summed E-state index contributed by atoms with van der Waals surface area (Å²) >= 11 is 0. The molecule has 0 spiro atoms. The number of carbonyl (C=O) groups is 3. The van der Waals surface area contributed by atoms with Crippen LogP contribution in [0.15, 0.2) is 48.5 Å². The summed E-state index contributed by atoms with van der Waals surface area (Å²) in [6.07, 6.45) is 1.85. The summed E-state index contributed by atoms with van der Waals surface area (Å²) in [6, 6.07) is 14.4. The lowest BCUT2D eigenvalue weighted by Gasteiger charge is -2.29. The average molecular weight is 422 g/mol. The minimum Gasteiger partial charge on any atom is -0.341 e. The van der Waals surface area contributed by atoms with Crippen LogP contribution >= 0.6 is 0 Å². The Morgan fingerprint density at radius 1 is 1.00 bits per heavy atom. The molecule has 4 amide bonds. The van der Waals surface area contributed by atoms with Crippen LogP contribution in [0.1, 0.15) is 48.9 Å². The zero-order valence-corrected chi connectivity index (χ0v) is 18.8. The molecule has 0 saturated carbocycles. The monoisotopic (exact) mass is 421 g/mol. The second-order valence-electron chi connectivity index (χ2n) is 8.06. The van der Waals surface area contributed by atoms with Crippen molar-refractivity contribution >= 4 is 17.8 Å². The van der Waals surface area contributed by atoms with E-state index < -0.39 is 17.5 Å². The summed E-state index contributed by atoms with van der Waals surface area (Å²) in [4.78, 5) is 42.4. The molecule has 0 aliphatic carbocycles. The van der Waals surface area contributed by atoms with Crippen molar-refractivity contribution in [3.05, 3.63) is 70.8 Å². The largest absolute Gasteiger partial charge is 0.341 e. The van der Waals surface area contributed by atoms with Crippen molar-refractivity contribution < 1.29 is 14.4 Å². The maximum absolute atomic E-state index is 13.8. The zero-order valence-electron chi connectivity index (χ0n) is 18.8. The van der Waals surface area contributed by atoms with Crippen LogP contribution < -0.4 is 5.32 Å². The number of rotatable bonds is 8. The van der Waals surface area contributed by atoms with E-state index in [1.165, 1.54) is 0 Å². The summed E-state index contributed by atoms with van der Waals surface area (Å²) in [5, 5.41) is 2.92. The van der Waals surface area contributed by atoms with Gasteiger partial charge in [0.15, 0.2) is 5.54 Å². The van der Waals surface area contributed by atoms with Gasteiger partial charge in [-0.05, 0) is 49.4 Å². The molecular weight excluding hydrogens is 390 g/mol. The van der Waals surface area contributed by atoms with Crippen molar-refractivity contribution in [2.45, 2.75) is 46.1 Å². The highest BCUT2D eigenvalue weighted by Gasteiger charge is 2.54. The molecule has 1 heterocycles. The fraction of sp³-hybridized carbons (Fsp3) is 0.400. The van der Waals surface area contributed by atoms with E-state index in [2.05, 4.69) is 12.2 Å². The van der Waals surface area contributed by atoms with Crippen molar-refractivity contribution in [3.8, 4) is 0 Å². The van der Waals surface area contributed by atoms with Gasteiger partial charge in [0.1, 0.15) is 6.54 Å². The van der Waals surface area contributed by atoms with Crippen molar-refractivity contribution in [1.29, 1.82) is 0 Å². The molecule has 1 aliphatic heterocycles. The van der Waals surface area contributed by atoms with Gasteiger partial charge in [0.05, 0.1) is 0 Å². The number of benzene rings is 2. The molecule has 0 bridgehead atoms. The summed E-state index contributed by atoms with van der Waals surface area (Å²) in [5.74, 6) is -0.643. The summed E-state index contributed by atoms with van der Waals surface area (Å²) < 4.78 is 0. The number of nitrogens with zero attached hydrogens (tertiary/aromatic N) is 2. The Labute approximate surface area is 184 Å². The topological polar surface area (TPSA) is 69.7 Å². The second-order valence-corrected chi connectivity index (χ2v) is 8.06. The number of carbonyl (C=O) groups excluding carboxylic acids is 3. The van der Waals surface area contributed by atoms with E-state index in [-0.39, 0.29) is 12.5 Å². The first-order chi connectivity index (χ1) is 14.8. The highest BCUT2D eigenvalue weighted by atomic mass is 16.2. The third-order valence-corrected chi connectivity index (χ3v) is 6.06. The fourth-order valence-corrected chi connectivity index (χ4v) is 3.98. The quantitative estimate of drug-likeness (QED) is 0.660. The molecule has 1 N–H and O–H groups in total. The molecule has 1 aliphatic rings. The first-order valence-corrected chi connectivity index (χ1v) is 10.9. The normalized spacial score (nSPS) is 18.3. The summed E-state index contributed by atoms with van der Waals surface area (Å²) in [7, 11) is 0. The van der Waals surface area contributed by atoms with Crippen LogP contribution in [0.5, 0.6) is 0 Å². The Balaban J connectivity index is 2.00. The van der Waals surface area contributed by atoms with Gasteiger partial charge >= 0.3 is 6.03 Å². The van der Waals surface area contributed by atoms with Crippen molar-refractivity contribution in [1.82, 2.24) is 15.1 Å². The molecule has 2 aromatic carbocycles. The maximum atomic E-state index is 13.8. The lowest BCUT2D eigenvalue weighted by atomic mass is 9.81. The number of nitrogens with one attached hydrogen (secondary N) is 1. The minimum atomic E-state index is -1.35. The van der Waals surface area contributed by atoms with E-state index in [0.717, 1.165) is 28.9 Å². The first-order valence-electron chi connectivity index (χ1n) is 10.9. The Morgan fingerprint density at radius 3 is 2.32 bits per heavy atom. The van der Waals surface area contributed by atoms with Crippen molar-refractivity contribution in [2.75, 3.05) is 19.6 Å². The van der Waals surface area contributed by atoms with Gasteiger partial charge in [-0.2, -0.15) is 0 Å². The number of unbranched alkanes of at least 4 members (excludes halogenated alkanes) is 1. The smallest absolute Gasteiger partial charge is 0.326 e. The average Bonchev–Trinajstić information content (AvgIpc) is 3.02. The Hall–Kier alpha value is -3.15. The fourth-order valence-electron chi connectivity index (χ4n) is 3.98. The molecule has 1 saturated heterocycles. The molecule has 6 nitrogen and oxygen atoms in total. The lowest BCUT2D eigenvalue weighted by Crippen LogP contribution is -2.46. The maximum Gasteiger partial charge on any atom is 0.326 e. The first kappa shape index (κ1) is 22.5. The number of amides is 4.